The van der Waals surface area contributed by atoms with Gasteiger partial charge in [-0.3, -0.25) is 0 Å². The van der Waals surface area contributed by atoms with Crippen molar-refractivity contribution in [3.63, 3.8) is 0 Å². The molecule has 0 N–H and O–H groups in total. The van der Waals surface area contributed by atoms with Crippen LogP contribution in [0.3, 0.4) is 0 Å². The molecule has 0 bridgehead atoms. The molecule has 0 radical (unpaired) electrons. The monoisotopic (exact) mass is 144 g/mol. The Hall–Kier alpha value is 0.440. The second-order valence-electron chi connectivity index (χ2n) is 2.19. The van der Waals surface area contributed by atoms with Crippen molar-refractivity contribution in [3.8, 4) is 0 Å². The summed E-state index contributed by atoms with van der Waals surface area (Å²) >= 11 is 4.11. The van der Waals surface area contributed by atoms with Crippen molar-refractivity contribution in [2.45, 2.75) is 0 Å². The second-order valence-corrected chi connectivity index (χ2v) is 4.16. The fraction of sp³-hybridized carbons (Fsp3) is 0.667. The Morgan fingerprint density at radius 3 is 1.25 bits per heavy atom. The average molecular weight is 144 g/mol. The fourth-order valence-electron chi connectivity index (χ4n) is 0.816. The van der Waals surface area contributed by atoms with Gasteiger partial charge in [-0.2, -0.15) is 23.5 Å². The third-order valence-electron chi connectivity index (χ3n) is 1.61. The molecule has 2 fully saturated rings. The zero-order chi connectivity index (χ0) is 5.40. The first-order valence-corrected chi connectivity index (χ1v) is 5.13. The van der Waals surface area contributed by atoms with Crippen LogP contribution in [-0.2, 0) is 0 Å². The first-order chi connectivity index (χ1) is 3.97. The molecule has 0 aromatic rings. The molecule has 2 heterocycles. The van der Waals surface area contributed by atoms with E-state index in [4.69, 9.17) is 0 Å². The van der Waals surface area contributed by atoms with E-state index in [1.807, 2.05) is 0 Å². The van der Waals surface area contributed by atoms with Gasteiger partial charge in [0.05, 0.1) is 0 Å². The van der Waals surface area contributed by atoms with Gasteiger partial charge in [0.1, 0.15) is 0 Å². The van der Waals surface area contributed by atoms with Gasteiger partial charge in [-0.05, 0) is 11.1 Å². The van der Waals surface area contributed by atoms with E-state index in [1.54, 1.807) is 11.1 Å². The molecule has 2 aliphatic rings. The lowest BCUT2D eigenvalue weighted by molar-refractivity contribution is 1.20. The van der Waals surface area contributed by atoms with Crippen molar-refractivity contribution < 1.29 is 0 Å². The van der Waals surface area contributed by atoms with E-state index in [9.17, 15) is 0 Å². The van der Waals surface area contributed by atoms with Crippen LogP contribution in [0.4, 0.5) is 0 Å². The summed E-state index contributed by atoms with van der Waals surface area (Å²) in [6.07, 6.45) is 0. The second kappa shape index (κ2) is 1.99. The molecule has 44 valence electrons. The quantitative estimate of drug-likeness (QED) is 0.475. The standard InChI is InChI=1S/C6H8S2/c1-5(2-7-1)6-3-8-4-6/h1-4H2. The molecular formula is C6H8S2. The molecular weight excluding hydrogens is 136 g/mol. The van der Waals surface area contributed by atoms with Crippen molar-refractivity contribution >= 4 is 23.5 Å². The van der Waals surface area contributed by atoms with E-state index in [0.29, 0.717) is 0 Å². The van der Waals surface area contributed by atoms with E-state index < -0.39 is 0 Å². The molecule has 0 saturated carbocycles. The van der Waals surface area contributed by atoms with Gasteiger partial charge < -0.3 is 0 Å². The molecule has 0 nitrogen and oxygen atoms in total. The SMILES string of the molecule is C1SCC1=C1CSC1. The van der Waals surface area contributed by atoms with Crippen LogP contribution in [0.15, 0.2) is 11.1 Å². The molecule has 0 atom stereocenters. The summed E-state index contributed by atoms with van der Waals surface area (Å²) in [5, 5.41) is 0. The summed E-state index contributed by atoms with van der Waals surface area (Å²) in [5.74, 6) is 5.37. The molecule has 0 aliphatic carbocycles. The Balaban J connectivity index is 2.07. The first kappa shape index (κ1) is 5.24. The van der Waals surface area contributed by atoms with Crippen molar-refractivity contribution in [2.75, 3.05) is 23.0 Å². The van der Waals surface area contributed by atoms with E-state index in [-0.39, 0.29) is 0 Å². The molecule has 0 unspecified atom stereocenters. The summed E-state index contributed by atoms with van der Waals surface area (Å²) in [7, 11) is 0. The molecule has 2 heteroatoms. The largest absolute Gasteiger partial charge is 0.153 e. The Labute approximate surface area is 58.1 Å². The van der Waals surface area contributed by atoms with Crippen molar-refractivity contribution in [1.82, 2.24) is 0 Å². The summed E-state index contributed by atoms with van der Waals surface area (Å²) < 4.78 is 0. The highest BCUT2D eigenvalue weighted by Gasteiger charge is 2.19. The maximum Gasteiger partial charge on any atom is 0.0158 e. The van der Waals surface area contributed by atoms with Gasteiger partial charge in [-0.1, -0.05) is 0 Å². The van der Waals surface area contributed by atoms with Crippen LogP contribution in [0.5, 0.6) is 0 Å². The van der Waals surface area contributed by atoms with Crippen molar-refractivity contribution in [2.24, 2.45) is 0 Å². The van der Waals surface area contributed by atoms with Gasteiger partial charge in [-0.25, -0.2) is 0 Å². The fourth-order valence-corrected chi connectivity index (χ4v) is 2.45. The number of rotatable bonds is 0. The van der Waals surface area contributed by atoms with Gasteiger partial charge in [0.2, 0.25) is 0 Å². The molecule has 2 rings (SSSR count). The van der Waals surface area contributed by atoms with Crippen LogP contribution in [0.2, 0.25) is 0 Å². The molecule has 0 amide bonds. The Morgan fingerprint density at radius 1 is 0.750 bits per heavy atom. The normalized spacial score (nSPS) is 27.0. The minimum Gasteiger partial charge on any atom is -0.153 e. The van der Waals surface area contributed by atoms with Gasteiger partial charge >= 0.3 is 0 Å². The van der Waals surface area contributed by atoms with Crippen LogP contribution in [0.25, 0.3) is 0 Å². The molecule has 8 heavy (non-hydrogen) atoms. The summed E-state index contributed by atoms with van der Waals surface area (Å²) in [4.78, 5) is 0. The highest BCUT2D eigenvalue weighted by atomic mass is 32.2. The minimum atomic E-state index is 1.34. The highest BCUT2D eigenvalue weighted by molar-refractivity contribution is 8.02. The Bertz CT molecular complexity index is 109. The molecule has 2 saturated heterocycles. The molecule has 0 aromatic heterocycles. The zero-order valence-corrected chi connectivity index (χ0v) is 6.28. The maximum absolute atomic E-state index is 2.06. The van der Waals surface area contributed by atoms with Gasteiger partial charge in [-0.15, -0.1) is 0 Å². The first-order valence-electron chi connectivity index (χ1n) is 2.82. The van der Waals surface area contributed by atoms with Crippen LogP contribution in [0.1, 0.15) is 0 Å². The summed E-state index contributed by atoms with van der Waals surface area (Å²) in [5.41, 5.74) is 3.52. The van der Waals surface area contributed by atoms with E-state index >= 15 is 0 Å². The Kier molecular flexibility index (Phi) is 1.31. The lowest BCUT2D eigenvalue weighted by Gasteiger charge is -2.26. The molecule has 2 aliphatic heterocycles. The lowest BCUT2D eigenvalue weighted by Crippen LogP contribution is -2.16. The van der Waals surface area contributed by atoms with E-state index in [1.165, 1.54) is 23.0 Å². The summed E-state index contributed by atoms with van der Waals surface area (Å²) in [6.45, 7) is 0. The predicted octanol–water partition coefficient (Wildman–Crippen LogP) is 1.78. The number of hydrogen-bond donors (Lipinski definition) is 0. The van der Waals surface area contributed by atoms with E-state index in [0.717, 1.165) is 0 Å². The van der Waals surface area contributed by atoms with Crippen LogP contribution in [-0.4, -0.2) is 23.0 Å². The van der Waals surface area contributed by atoms with Gasteiger partial charge in [0, 0.05) is 23.0 Å². The third kappa shape index (κ3) is 0.705. The van der Waals surface area contributed by atoms with Crippen molar-refractivity contribution in [1.29, 1.82) is 0 Å². The van der Waals surface area contributed by atoms with Gasteiger partial charge in [0.15, 0.2) is 0 Å². The van der Waals surface area contributed by atoms with Crippen LogP contribution < -0.4 is 0 Å². The Morgan fingerprint density at radius 2 is 1.12 bits per heavy atom. The highest BCUT2D eigenvalue weighted by Crippen LogP contribution is 2.34. The molecule has 0 spiro atoms. The minimum absolute atomic E-state index is 1.34. The summed E-state index contributed by atoms with van der Waals surface area (Å²) in [6, 6.07) is 0. The topological polar surface area (TPSA) is 0 Å². The van der Waals surface area contributed by atoms with Crippen LogP contribution in [0, 0.1) is 0 Å². The molecule has 0 aromatic carbocycles. The van der Waals surface area contributed by atoms with Gasteiger partial charge in [0.25, 0.3) is 0 Å². The van der Waals surface area contributed by atoms with E-state index in [2.05, 4.69) is 23.5 Å². The van der Waals surface area contributed by atoms with Crippen LogP contribution >= 0.6 is 23.5 Å². The predicted molar refractivity (Wildman–Crippen MR) is 41.7 cm³/mol. The number of thioether (sulfide) groups is 2. The van der Waals surface area contributed by atoms with Crippen molar-refractivity contribution in [3.05, 3.63) is 11.1 Å². The third-order valence-corrected chi connectivity index (χ3v) is 3.82. The maximum atomic E-state index is 2.06. The number of hydrogen-bond acceptors (Lipinski definition) is 2. The lowest BCUT2D eigenvalue weighted by atomic mass is 10.2. The zero-order valence-electron chi connectivity index (χ0n) is 4.64. The smallest absolute Gasteiger partial charge is 0.0158 e. The average Bonchev–Trinajstić information content (AvgIpc) is 1.47.